The minimum atomic E-state index is 0.0563. The average molecular weight is 232 g/mol. The van der Waals surface area contributed by atoms with E-state index >= 15 is 0 Å². The first-order valence-corrected chi connectivity index (χ1v) is 6.03. The molecule has 2 amide bonds. The van der Waals surface area contributed by atoms with Crippen LogP contribution in [-0.4, -0.2) is 36.2 Å². The Morgan fingerprint density at radius 1 is 1.35 bits per heavy atom. The fourth-order valence-corrected chi connectivity index (χ4v) is 2.53. The number of urea groups is 1. The number of benzene rings is 1. The van der Waals surface area contributed by atoms with Crippen LogP contribution >= 0.6 is 0 Å². The Balaban J connectivity index is 1.53. The molecule has 4 nitrogen and oxygen atoms in total. The largest absolute Gasteiger partial charge is 0.372 e. The molecule has 0 unspecified atom stereocenters. The van der Waals surface area contributed by atoms with Crippen molar-refractivity contribution in [1.29, 1.82) is 0 Å². The van der Waals surface area contributed by atoms with Crippen LogP contribution in [-0.2, 0) is 11.3 Å². The number of ether oxygens (including phenoxy) is 1. The molecule has 2 aliphatic heterocycles. The Bertz CT molecular complexity index is 407. The molecular weight excluding hydrogens is 216 g/mol. The maximum atomic E-state index is 11.4. The quantitative estimate of drug-likeness (QED) is 0.855. The standard InChI is InChI=1S/C13H16N2O2/c16-13-14-7-11-6-12(8-15(11)13)17-9-10-4-2-1-3-5-10/h1-5,11-12H,6-9H2,(H,14,16)/t11-,12-/m0/s1. The lowest BCUT2D eigenvalue weighted by Crippen LogP contribution is -2.31. The molecule has 0 saturated carbocycles. The molecule has 2 aliphatic rings. The molecule has 2 saturated heterocycles. The predicted molar refractivity (Wildman–Crippen MR) is 63.5 cm³/mol. The molecular formula is C13H16N2O2. The molecule has 90 valence electrons. The first kappa shape index (κ1) is 10.6. The second kappa shape index (κ2) is 4.37. The van der Waals surface area contributed by atoms with Crippen LogP contribution < -0.4 is 5.32 Å². The Labute approximate surface area is 101 Å². The number of carbonyl (C=O) groups excluding carboxylic acids is 1. The summed E-state index contributed by atoms with van der Waals surface area (Å²) in [7, 11) is 0. The van der Waals surface area contributed by atoms with E-state index in [0.29, 0.717) is 12.6 Å². The highest BCUT2D eigenvalue weighted by molar-refractivity contribution is 5.77. The predicted octanol–water partition coefficient (Wildman–Crippen LogP) is 1.37. The van der Waals surface area contributed by atoms with Gasteiger partial charge in [0.25, 0.3) is 0 Å². The molecule has 2 fully saturated rings. The van der Waals surface area contributed by atoms with Gasteiger partial charge in [-0.05, 0) is 12.0 Å². The molecule has 0 bridgehead atoms. The van der Waals surface area contributed by atoms with E-state index in [2.05, 4.69) is 17.4 Å². The Morgan fingerprint density at radius 2 is 2.18 bits per heavy atom. The molecule has 1 N–H and O–H groups in total. The molecule has 4 heteroatoms. The lowest BCUT2D eigenvalue weighted by atomic mass is 10.2. The number of hydrogen-bond donors (Lipinski definition) is 1. The van der Waals surface area contributed by atoms with Gasteiger partial charge in [0.05, 0.1) is 18.8 Å². The summed E-state index contributed by atoms with van der Waals surface area (Å²) in [6.45, 7) is 2.13. The van der Waals surface area contributed by atoms with Crippen molar-refractivity contribution < 1.29 is 9.53 Å². The van der Waals surface area contributed by atoms with Gasteiger partial charge >= 0.3 is 6.03 Å². The van der Waals surface area contributed by atoms with Crippen molar-refractivity contribution in [2.45, 2.75) is 25.2 Å². The van der Waals surface area contributed by atoms with Crippen molar-refractivity contribution in [2.75, 3.05) is 13.1 Å². The number of amides is 2. The third-order valence-corrected chi connectivity index (χ3v) is 3.45. The topological polar surface area (TPSA) is 41.6 Å². The van der Waals surface area contributed by atoms with E-state index in [9.17, 15) is 4.79 Å². The molecule has 0 spiro atoms. The van der Waals surface area contributed by atoms with E-state index in [1.54, 1.807) is 0 Å². The number of nitrogens with one attached hydrogen (secondary N) is 1. The molecule has 2 heterocycles. The third-order valence-electron chi connectivity index (χ3n) is 3.45. The number of rotatable bonds is 3. The van der Waals surface area contributed by atoms with E-state index in [1.807, 2.05) is 23.1 Å². The number of hydrogen-bond acceptors (Lipinski definition) is 2. The summed E-state index contributed by atoms with van der Waals surface area (Å²) in [6, 6.07) is 10.5. The van der Waals surface area contributed by atoms with E-state index in [4.69, 9.17) is 4.74 Å². The summed E-state index contributed by atoms with van der Waals surface area (Å²) in [5.74, 6) is 0. The monoisotopic (exact) mass is 232 g/mol. The number of fused-ring (bicyclic) bond motifs is 1. The van der Waals surface area contributed by atoms with Crippen LogP contribution in [0.15, 0.2) is 30.3 Å². The van der Waals surface area contributed by atoms with Crippen molar-refractivity contribution in [3.8, 4) is 0 Å². The summed E-state index contributed by atoms with van der Waals surface area (Å²) in [4.78, 5) is 13.3. The average Bonchev–Trinajstić information content (AvgIpc) is 2.91. The zero-order valence-electron chi connectivity index (χ0n) is 9.63. The van der Waals surface area contributed by atoms with Gasteiger partial charge in [-0.3, -0.25) is 0 Å². The highest BCUT2D eigenvalue weighted by Gasteiger charge is 2.39. The van der Waals surface area contributed by atoms with E-state index in [0.717, 1.165) is 19.5 Å². The maximum Gasteiger partial charge on any atom is 0.317 e. The normalized spacial score (nSPS) is 27.1. The smallest absolute Gasteiger partial charge is 0.317 e. The molecule has 3 rings (SSSR count). The molecule has 0 aromatic heterocycles. The van der Waals surface area contributed by atoms with Gasteiger partial charge in [0.15, 0.2) is 0 Å². The molecule has 0 radical (unpaired) electrons. The van der Waals surface area contributed by atoms with Crippen molar-refractivity contribution in [3.63, 3.8) is 0 Å². The summed E-state index contributed by atoms with van der Waals surface area (Å²) in [5, 5.41) is 2.85. The Morgan fingerprint density at radius 3 is 2.94 bits per heavy atom. The minimum Gasteiger partial charge on any atom is -0.372 e. The van der Waals surface area contributed by atoms with Crippen molar-refractivity contribution in [1.82, 2.24) is 10.2 Å². The van der Waals surface area contributed by atoms with Gasteiger partial charge in [0, 0.05) is 13.1 Å². The zero-order chi connectivity index (χ0) is 11.7. The van der Waals surface area contributed by atoms with Crippen LogP contribution in [0.3, 0.4) is 0 Å². The zero-order valence-corrected chi connectivity index (χ0v) is 9.63. The first-order valence-electron chi connectivity index (χ1n) is 6.03. The fraction of sp³-hybridized carbons (Fsp3) is 0.462. The van der Waals surface area contributed by atoms with Crippen LogP contribution in [0.5, 0.6) is 0 Å². The van der Waals surface area contributed by atoms with E-state index in [-0.39, 0.29) is 12.1 Å². The number of carbonyl (C=O) groups is 1. The minimum absolute atomic E-state index is 0.0563. The van der Waals surface area contributed by atoms with Gasteiger partial charge in [-0.15, -0.1) is 0 Å². The van der Waals surface area contributed by atoms with Crippen LogP contribution in [0, 0.1) is 0 Å². The highest BCUT2D eigenvalue weighted by atomic mass is 16.5. The maximum absolute atomic E-state index is 11.4. The molecule has 0 aliphatic carbocycles. The molecule has 1 aromatic rings. The SMILES string of the molecule is O=C1NC[C@@H]2C[C@H](OCc3ccccc3)CN12. The second-order valence-electron chi connectivity index (χ2n) is 4.65. The van der Waals surface area contributed by atoms with Crippen molar-refractivity contribution in [3.05, 3.63) is 35.9 Å². The van der Waals surface area contributed by atoms with Gasteiger partial charge in [0.2, 0.25) is 0 Å². The van der Waals surface area contributed by atoms with Crippen molar-refractivity contribution in [2.24, 2.45) is 0 Å². The lowest BCUT2D eigenvalue weighted by molar-refractivity contribution is 0.0479. The molecule has 2 atom stereocenters. The van der Waals surface area contributed by atoms with Crippen LogP contribution in [0.2, 0.25) is 0 Å². The second-order valence-corrected chi connectivity index (χ2v) is 4.65. The first-order chi connectivity index (χ1) is 8.33. The van der Waals surface area contributed by atoms with Gasteiger partial charge in [0.1, 0.15) is 0 Å². The Kier molecular flexibility index (Phi) is 2.73. The molecule has 1 aromatic carbocycles. The lowest BCUT2D eigenvalue weighted by Gasteiger charge is -2.13. The molecule has 17 heavy (non-hydrogen) atoms. The van der Waals surface area contributed by atoms with Crippen molar-refractivity contribution >= 4 is 6.03 Å². The summed E-state index contributed by atoms with van der Waals surface area (Å²) >= 11 is 0. The van der Waals surface area contributed by atoms with Gasteiger partial charge < -0.3 is 15.0 Å². The highest BCUT2D eigenvalue weighted by Crippen LogP contribution is 2.24. The van der Waals surface area contributed by atoms with E-state index in [1.165, 1.54) is 5.56 Å². The van der Waals surface area contributed by atoms with Gasteiger partial charge in [-0.1, -0.05) is 30.3 Å². The Hall–Kier alpha value is -1.55. The van der Waals surface area contributed by atoms with Crippen LogP contribution in [0.25, 0.3) is 0 Å². The van der Waals surface area contributed by atoms with Gasteiger partial charge in [-0.2, -0.15) is 0 Å². The van der Waals surface area contributed by atoms with Gasteiger partial charge in [-0.25, -0.2) is 4.79 Å². The summed E-state index contributed by atoms with van der Waals surface area (Å²) < 4.78 is 5.85. The third kappa shape index (κ3) is 2.13. The summed E-state index contributed by atoms with van der Waals surface area (Å²) in [5.41, 5.74) is 1.18. The summed E-state index contributed by atoms with van der Waals surface area (Å²) in [6.07, 6.45) is 1.14. The van der Waals surface area contributed by atoms with Crippen LogP contribution in [0.1, 0.15) is 12.0 Å². The van der Waals surface area contributed by atoms with E-state index < -0.39 is 0 Å². The number of nitrogens with zero attached hydrogens (tertiary/aromatic N) is 1. The fourth-order valence-electron chi connectivity index (χ4n) is 2.53. The van der Waals surface area contributed by atoms with Crippen LogP contribution in [0.4, 0.5) is 4.79 Å².